The van der Waals surface area contributed by atoms with Gasteiger partial charge in [-0.25, -0.2) is 4.79 Å². The van der Waals surface area contributed by atoms with Gasteiger partial charge >= 0.3 is 11.9 Å². The van der Waals surface area contributed by atoms with Gasteiger partial charge < -0.3 is 4.74 Å². The van der Waals surface area contributed by atoms with Gasteiger partial charge in [0.2, 0.25) is 0 Å². The zero-order valence-electron chi connectivity index (χ0n) is 10.6. The first-order chi connectivity index (χ1) is 10.1. The summed E-state index contributed by atoms with van der Waals surface area (Å²) < 4.78 is 4.74. The topological polar surface area (TPSA) is 63.7 Å². The maximum Gasteiger partial charge on any atom is 0.337 e. The molecule has 7 heteroatoms. The molecule has 5 nitrogen and oxygen atoms in total. The van der Waals surface area contributed by atoms with Crippen molar-refractivity contribution in [2.45, 2.75) is 12.5 Å². The highest BCUT2D eigenvalue weighted by atomic mass is 32.2. The van der Waals surface area contributed by atoms with Crippen LogP contribution in [0.2, 0.25) is 0 Å². The average molecular weight is 319 g/mol. The Morgan fingerprint density at radius 1 is 1.24 bits per heavy atom. The second-order valence-corrected chi connectivity index (χ2v) is 6.15. The summed E-state index contributed by atoms with van der Waals surface area (Å²) in [7, 11) is 0. The van der Waals surface area contributed by atoms with E-state index in [-0.39, 0.29) is 16.6 Å². The molecule has 106 valence electrons. The molecular formula is C14H9NO4S2. The number of thiocarbonyl (C=S) groups is 1. The third-order valence-corrected chi connectivity index (χ3v) is 4.41. The van der Waals surface area contributed by atoms with Crippen LogP contribution < -0.4 is 0 Å². The standard InChI is InChI=1S/C14H9NO4S2/c16-11-7-9(13(18)19-11)15-12(17)10(21-14(15)20)6-8-4-2-1-3-5-8/h1-6,9H,7H2. The fourth-order valence-corrected chi connectivity index (χ4v) is 3.47. The Labute approximate surface area is 129 Å². The summed E-state index contributed by atoms with van der Waals surface area (Å²) in [4.78, 5) is 36.8. The lowest BCUT2D eigenvalue weighted by Crippen LogP contribution is -2.41. The van der Waals surface area contributed by atoms with Gasteiger partial charge in [-0.15, -0.1) is 0 Å². The number of benzene rings is 1. The molecule has 21 heavy (non-hydrogen) atoms. The van der Waals surface area contributed by atoms with E-state index in [0.717, 1.165) is 17.3 Å². The molecule has 1 atom stereocenters. The van der Waals surface area contributed by atoms with Crippen LogP contribution in [0.4, 0.5) is 0 Å². The van der Waals surface area contributed by atoms with E-state index < -0.39 is 18.0 Å². The van der Waals surface area contributed by atoms with Crippen LogP contribution in [-0.2, 0) is 19.1 Å². The van der Waals surface area contributed by atoms with Crippen LogP contribution >= 0.6 is 24.0 Å². The van der Waals surface area contributed by atoms with Gasteiger partial charge in [0.15, 0.2) is 0 Å². The Kier molecular flexibility index (Phi) is 3.60. The van der Waals surface area contributed by atoms with Crippen LogP contribution in [0.1, 0.15) is 12.0 Å². The number of amides is 1. The summed E-state index contributed by atoms with van der Waals surface area (Å²) in [5, 5.41) is 0. The minimum Gasteiger partial charge on any atom is -0.392 e. The number of cyclic esters (lactones) is 2. The van der Waals surface area contributed by atoms with Gasteiger partial charge in [-0.3, -0.25) is 14.5 Å². The second kappa shape index (κ2) is 5.42. The Balaban J connectivity index is 1.88. The molecule has 2 heterocycles. The molecule has 0 aromatic heterocycles. The van der Waals surface area contributed by atoms with Crippen LogP contribution in [0.25, 0.3) is 6.08 Å². The van der Waals surface area contributed by atoms with Crippen molar-refractivity contribution in [2.75, 3.05) is 0 Å². The molecule has 2 aliphatic heterocycles. The third kappa shape index (κ3) is 2.62. The highest BCUT2D eigenvalue weighted by Crippen LogP contribution is 2.35. The zero-order chi connectivity index (χ0) is 15.0. The van der Waals surface area contributed by atoms with Crippen molar-refractivity contribution in [3.05, 3.63) is 40.8 Å². The summed E-state index contributed by atoms with van der Waals surface area (Å²) in [6.07, 6.45) is 1.56. The van der Waals surface area contributed by atoms with E-state index >= 15 is 0 Å². The van der Waals surface area contributed by atoms with E-state index in [2.05, 4.69) is 4.74 Å². The smallest absolute Gasteiger partial charge is 0.337 e. The van der Waals surface area contributed by atoms with E-state index in [9.17, 15) is 14.4 Å². The Bertz CT molecular complexity index is 683. The van der Waals surface area contributed by atoms with Crippen molar-refractivity contribution in [1.29, 1.82) is 0 Å². The molecule has 0 radical (unpaired) electrons. The van der Waals surface area contributed by atoms with Gasteiger partial charge in [-0.1, -0.05) is 54.3 Å². The minimum atomic E-state index is -0.938. The monoisotopic (exact) mass is 319 g/mol. The molecule has 2 saturated heterocycles. The fraction of sp³-hybridized carbons (Fsp3) is 0.143. The van der Waals surface area contributed by atoms with Crippen molar-refractivity contribution < 1.29 is 19.1 Å². The lowest BCUT2D eigenvalue weighted by Gasteiger charge is -2.17. The van der Waals surface area contributed by atoms with Crippen LogP contribution in [-0.4, -0.2) is 33.1 Å². The molecule has 0 saturated carbocycles. The molecule has 0 spiro atoms. The van der Waals surface area contributed by atoms with Crippen LogP contribution in [0, 0.1) is 0 Å². The summed E-state index contributed by atoms with van der Waals surface area (Å²) in [6.45, 7) is 0. The van der Waals surface area contributed by atoms with E-state index in [1.54, 1.807) is 6.08 Å². The maximum absolute atomic E-state index is 12.4. The number of hydrogen-bond donors (Lipinski definition) is 0. The largest absolute Gasteiger partial charge is 0.392 e. The normalized spacial score (nSPS) is 24.1. The van der Waals surface area contributed by atoms with Crippen LogP contribution in [0.3, 0.4) is 0 Å². The predicted molar refractivity (Wildman–Crippen MR) is 81.0 cm³/mol. The molecule has 1 amide bonds. The molecule has 0 N–H and O–H groups in total. The van der Waals surface area contributed by atoms with Gasteiger partial charge in [-0.05, 0) is 11.6 Å². The maximum atomic E-state index is 12.4. The first kappa shape index (κ1) is 14.0. The van der Waals surface area contributed by atoms with Gasteiger partial charge in [0.25, 0.3) is 5.91 Å². The number of esters is 2. The Morgan fingerprint density at radius 2 is 1.95 bits per heavy atom. The van der Waals surface area contributed by atoms with Gasteiger partial charge in [0.05, 0.1) is 11.3 Å². The number of thioether (sulfide) groups is 1. The minimum absolute atomic E-state index is 0.149. The average Bonchev–Trinajstić information content (AvgIpc) is 2.91. The Hall–Kier alpha value is -1.99. The lowest BCUT2D eigenvalue weighted by atomic mass is 10.2. The van der Waals surface area contributed by atoms with E-state index in [1.807, 2.05) is 30.3 Å². The molecule has 2 fully saturated rings. The van der Waals surface area contributed by atoms with Gasteiger partial charge in [-0.2, -0.15) is 0 Å². The van der Waals surface area contributed by atoms with Gasteiger partial charge in [0.1, 0.15) is 10.4 Å². The highest BCUT2D eigenvalue weighted by molar-refractivity contribution is 8.26. The zero-order valence-corrected chi connectivity index (χ0v) is 12.3. The number of hydrogen-bond acceptors (Lipinski definition) is 6. The molecule has 1 aromatic rings. The number of nitrogens with zero attached hydrogens (tertiary/aromatic N) is 1. The second-order valence-electron chi connectivity index (χ2n) is 4.48. The summed E-state index contributed by atoms with van der Waals surface area (Å²) >= 11 is 6.26. The SMILES string of the molecule is O=C1CC(N2C(=O)C(=Cc3ccccc3)SC2=S)C(=O)O1. The number of carbonyl (C=O) groups is 3. The molecular weight excluding hydrogens is 310 g/mol. The number of rotatable bonds is 2. The lowest BCUT2D eigenvalue weighted by molar-refractivity contribution is -0.153. The molecule has 1 unspecified atom stereocenters. The number of carbonyl (C=O) groups excluding carboxylic acids is 3. The van der Waals surface area contributed by atoms with E-state index in [0.29, 0.717) is 4.91 Å². The molecule has 0 bridgehead atoms. The van der Waals surface area contributed by atoms with E-state index in [4.69, 9.17) is 12.2 Å². The predicted octanol–water partition coefficient (Wildman–Crippen LogP) is 1.73. The molecule has 1 aromatic carbocycles. The van der Waals surface area contributed by atoms with Crippen molar-refractivity contribution in [3.63, 3.8) is 0 Å². The van der Waals surface area contributed by atoms with Crippen molar-refractivity contribution in [1.82, 2.24) is 4.90 Å². The van der Waals surface area contributed by atoms with Crippen LogP contribution in [0.15, 0.2) is 35.2 Å². The first-order valence-corrected chi connectivity index (χ1v) is 7.35. The van der Waals surface area contributed by atoms with Crippen LogP contribution in [0.5, 0.6) is 0 Å². The highest BCUT2D eigenvalue weighted by Gasteiger charge is 2.46. The first-order valence-electron chi connectivity index (χ1n) is 6.13. The molecule has 3 rings (SSSR count). The van der Waals surface area contributed by atoms with Crippen molar-refractivity contribution in [2.24, 2.45) is 0 Å². The summed E-state index contributed by atoms with van der Waals surface area (Å²) in [6, 6.07) is 8.38. The molecule has 2 aliphatic rings. The van der Waals surface area contributed by atoms with Crippen molar-refractivity contribution >= 4 is 52.2 Å². The van der Waals surface area contributed by atoms with E-state index in [1.165, 1.54) is 4.90 Å². The number of ether oxygens (including phenoxy) is 1. The van der Waals surface area contributed by atoms with Gasteiger partial charge in [0, 0.05) is 0 Å². The molecule has 0 aliphatic carbocycles. The summed E-state index contributed by atoms with van der Waals surface area (Å²) in [5.74, 6) is -1.73. The third-order valence-electron chi connectivity index (χ3n) is 3.08. The fourth-order valence-electron chi connectivity index (χ4n) is 2.11. The Morgan fingerprint density at radius 3 is 2.57 bits per heavy atom. The summed E-state index contributed by atoms with van der Waals surface area (Å²) in [5.41, 5.74) is 0.864. The van der Waals surface area contributed by atoms with Crippen molar-refractivity contribution in [3.8, 4) is 0 Å². The quantitative estimate of drug-likeness (QED) is 0.358.